The number of nitrogens with zero attached hydrogens (tertiary/aromatic N) is 5. The van der Waals surface area contributed by atoms with Gasteiger partial charge in [-0.1, -0.05) is 6.07 Å². The molecule has 1 amide bonds. The monoisotopic (exact) mass is 435 g/mol. The van der Waals surface area contributed by atoms with E-state index in [1.54, 1.807) is 27.8 Å². The van der Waals surface area contributed by atoms with Gasteiger partial charge in [0.2, 0.25) is 5.82 Å². The van der Waals surface area contributed by atoms with Crippen molar-refractivity contribution < 1.29 is 27.5 Å². The smallest absolute Gasteiger partial charge is 0.433 e. The maximum absolute atomic E-state index is 13.7. The number of esters is 1. The van der Waals surface area contributed by atoms with Crippen LogP contribution in [-0.4, -0.2) is 55.6 Å². The first-order valence-electron chi connectivity index (χ1n) is 9.84. The van der Waals surface area contributed by atoms with E-state index in [-0.39, 0.29) is 44.3 Å². The fourth-order valence-electron chi connectivity index (χ4n) is 3.84. The van der Waals surface area contributed by atoms with Crippen LogP contribution in [0.2, 0.25) is 0 Å². The van der Waals surface area contributed by atoms with Crippen LogP contribution in [0.5, 0.6) is 0 Å². The molecule has 1 saturated heterocycles. The zero-order chi connectivity index (χ0) is 22.2. The van der Waals surface area contributed by atoms with Crippen LogP contribution in [0.3, 0.4) is 0 Å². The largest absolute Gasteiger partial charge is 0.462 e. The molecule has 164 valence electrons. The van der Waals surface area contributed by atoms with Gasteiger partial charge in [-0.3, -0.25) is 13.9 Å². The second-order valence-electron chi connectivity index (χ2n) is 7.17. The zero-order valence-electron chi connectivity index (χ0n) is 16.7. The Balaban J connectivity index is 1.52. The first kappa shape index (κ1) is 20.9. The molecule has 4 heterocycles. The molecule has 0 aliphatic carbocycles. The van der Waals surface area contributed by atoms with Crippen LogP contribution in [0.15, 0.2) is 36.8 Å². The van der Waals surface area contributed by atoms with Gasteiger partial charge >= 0.3 is 12.1 Å². The van der Waals surface area contributed by atoms with E-state index in [1.807, 2.05) is 12.1 Å². The Bertz CT molecular complexity index is 1110. The van der Waals surface area contributed by atoms with E-state index >= 15 is 0 Å². The van der Waals surface area contributed by atoms with Crippen LogP contribution in [0.4, 0.5) is 13.2 Å². The predicted molar refractivity (Wildman–Crippen MR) is 103 cm³/mol. The Morgan fingerprint density at radius 1 is 1.19 bits per heavy atom. The third kappa shape index (κ3) is 3.87. The summed E-state index contributed by atoms with van der Waals surface area (Å²) in [6.45, 7) is 1.98. The van der Waals surface area contributed by atoms with Gasteiger partial charge in [0, 0.05) is 19.3 Å². The predicted octanol–water partition coefficient (Wildman–Crippen LogP) is 3.20. The Labute approximate surface area is 175 Å². The molecule has 1 aliphatic heterocycles. The van der Waals surface area contributed by atoms with Crippen molar-refractivity contribution in [1.29, 1.82) is 0 Å². The van der Waals surface area contributed by atoms with Gasteiger partial charge in [0.1, 0.15) is 5.56 Å². The van der Waals surface area contributed by atoms with Crippen LogP contribution in [-0.2, 0) is 10.9 Å². The Morgan fingerprint density at radius 2 is 1.94 bits per heavy atom. The standard InChI is InChI=1S/C20H20F3N5O3/c1-2-31-19(30)15-12-25-28(16(15)20(21,22)23)13-6-9-26(10-7-13)18(29)17-24-11-14-5-3-4-8-27(14)17/h3-5,8,11-13H,2,6-7,9-10H2,1H3. The maximum Gasteiger partial charge on any atom is 0.433 e. The van der Waals surface area contributed by atoms with Crippen LogP contribution < -0.4 is 0 Å². The van der Waals surface area contributed by atoms with Crippen molar-refractivity contribution in [3.8, 4) is 0 Å². The number of pyridine rings is 1. The topological polar surface area (TPSA) is 81.7 Å². The van der Waals surface area contributed by atoms with E-state index in [0.717, 1.165) is 16.4 Å². The van der Waals surface area contributed by atoms with Gasteiger partial charge in [-0.05, 0) is 31.9 Å². The molecule has 3 aromatic heterocycles. The van der Waals surface area contributed by atoms with Crippen molar-refractivity contribution in [2.45, 2.75) is 32.0 Å². The number of alkyl halides is 3. The highest BCUT2D eigenvalue weighted by atomic mass is 19.4. The van der Waals surface area contributed by atoms with E-state index in [9.17, 15) is 22.8 Å². The van der Waals surface area contributed by atoms with Crippen molar-refractivity contribution in [2.75, 3.05) is 19.7 Å². The summed E-state index contributed by atoms with van der Waals surface area (Å²) in [4.78, 5) is 30.6. The summed E-state index contributed by atoms with van der Waals surface area (Å²) in [5, 5.41) is 3.85. The van der Waals surface area contributed by atoms with E-state index < -0.39 is 29.4 Å². The Hall–Kier alpha value is -3.37. The number of hydrogen-bond acceptors (Lipinski definition) is 5. The third-order valence-corrected chi connectivity index (χ3v) is 5.29. The molecule has 4 rings (SSSR count). The molecule has 1 aliphatic rings. The van der Waals surface area contributed by atoms with Crippen LogP contribution in [0, 0.1) is 0 Å². The molecule has 0 N–H and O–H groups in total. The van der Waals surface area contributed by atoms with Crippen molar-refractivity contribution in [1.82, 2.24) is 24.1 Å². The summed E-state index contributed by atoms with van der Waals surface area (Å²) in [5.74, 6) is -1.08. The number of hydrogen-bond donors (Lipinski definition) is 0. The van der Waals surface area contributed by atoms with Crippen LogP contribution >= 0.6 is 0 Å². The van der Waals surface area contributed by atoms with Crippen molar-refractivity contribution >= 4 is 17.4 Å². The van der Waals surface area contributed by atoms with Crippen molar-refractivity contribution in [3.63, 3.8) is 0 Å². The van der Waals surface area contributed by atoms with Crippen molar-refractivity contribution in [2.24, 2.45) is 0 Å². The number of piperidine rings is 1. The van der Waals surface area contributed by atoms with E-state index in [4.69, 9.17) is 4.74 Å². The summed E-state index contributed by atoms with van der Waals surface area (Å²) in [6.07, 6.45) is -0.00566. The molecule has 0 saturated carbocycles. The average molecular weight is 435 g/mol. The van der Waals surface area contributed by atoms with E-state index in [2.05, 4.69) is 10.1 Å². The van der Waals surface area contributed by atoms with E-state index in [0.29, 0.717) is 0 Å². The molecule has 0 unspecified atom stereocenters. The molecule has 0 radical (unpaired) electrons. The lowest BCUT2D eigenvalue weighted by molar-refractivity contribution is -0.145. The number of likely N-dealkylation sites (tertiary alicyclic amines) is 1. The molecule has 0 atom stereocenters. The number of rotatable bonds is 4. The summed E-state index contributed by atoms with van der Waals surface area (Å²) in [7, 11) is 0. The summed E-state index contributed by atoms with van der Waals surface area (Å²) >= 11 is 0. The van der Waals surface area contributed by atoms with E-state index in [1.165, 1.54) is 6.92 Å². The molecule has 3 aromatic rings. The summed E-state index contributed by atoms with van der Waals surface area (Å²) < 4.78 is 48.3. The van der Waals surface area contributed by atoms with Crippen molar-refractivity contribution in [3.05, 3.63) is 53.9 Å². The second kappa shape index (κ2) is 8.05. The number of carbonyl (C=O) groups is 2. The molecule has 8 nitrogen and oxygen atoms in total. The molecular weight excluding hydrogens is 415 g/mol. The summed E-state index contributed by atoms with van der Waals surface area (Å²) in [5.41, 5.74) is -0.940. The fourth-order valence-corrected chi connectivity index (χ4v) is 3.84. The molecule has 11 heteroatoms. The minimum absolute atomic E-state index is 0.0374. The molecule has 31 heavy (non-hydrogen) atoms. The Kier molecular flexibility index (Phi) is 5.42. The van der Waals surface area contributed by atoms with Gasteiger partial charge in [-0.15, -0.1) is 0 Å². The van der Waals surface area contributed by atoms with Crippen LogP contribution in [0.25, 0.3) is 5.52 Å². The fraction of sp³-hybridized carbons (Fsp3) is 0.400. The first-order valence-corrected chi connectivity index (χ1v) is 9.84. The third-order valence-electron chi connectivity index (χ3n) is 5.29. The highest BCUT2D eigenvalue weighted by Gasteiger charge is 2.42. The van der Waals surface area contributed by atoms with Gasteiger partial charge in [0.25, 0.3) is 5.91 Å². The molecule has 0 bridgehead atoms. The molecule has 0 spiro atoms. The lowest BCUT2D eigenvalue weighted by atomic mass is 10.0. The quantitative estimate of drug-likeness (QED) is 0.588. The normalized spacial score (nSPS) is 15.4. The van der Waals surface area contributed by atoms with Gasteiger partial charge in [-0.25, -0.2) is 9.78 Å². The Morgan fingerprint density at radius 3 is 2.61 bits per heavy atom. The number of carbonyl (C=O) groups excluding carboxylic acids is 2. The minimum Gasteiger partial charge on any atom is -0.462 e. The average Bonchev–Trinajstić information content (AvgIpc) is 3.38. The maximum atomic E-state index is 13.7. The number of ether oxygens (including phenoxy) is 1. The number of halogens is 3. The number of amides is 1. The zero-order valence-corrected chi connectivity index (χ0v) is 16.7. The van der Waals surface area contributed by atoms with Crippen LogP contribution in [0.1, 0.15) is 52.5 Å². The second-order valence-corrected chi connectivity index (χ2v) is 7.17. The molecule has 1 fully saturated rings. The lowest BCUT2D eigenvalue weighted by Crippen LogP contribution is -2.40. The van der Waals surface area contributed by atoms with Gasteiger partial charge in [0.05, 0.1) is 30.6 Å². The van der Waals surface area contributed by atoms with Gasteiger partial charge < -0.3 is 9.64 Å². The first-order chi connectivity index (χ1) is 14.8. The molecule has 0 aromatic carbocycles. The lowest BCUT2D eigenvalue weighted by Gasteiger charge is -2.32. The number of imidazole rings is 1. The number of fused-ring (bicyclic) bond motifs is 1. The minimum atomic E-state index is -4.76. The summed E-state index contributed by atoms with van der Waals surface area (Å²) in [6, 6.07) is 4.85. The van der Waals surface area contributed by atoms with Gasteiger partial charge in [-0.2, -0.15) is 18.3 Å². The SMILES string of the molecule is CCOC(=O)c1cnn(C2CCN(C(=O)c3ncc4ccccn34)CC2)c1C(F)(F)F. The van der Waals surface area contributed by atoms with Gasteiger partial charge in [0.15, 0.2) is 5.69 Å². The molecular formula is C20H20F3N5O3. The highest BCUT2D eigenvalue weighted by Crippen LogP contribution is 2.36. The number of aromatic nitrogens is 4. The highest BCUT2D eigenvalue weighted by molar-refractivity contribution is 5.92.